The molecule has 202 valence electrons. The first-order chi connectivity index (χ1) is 19.4. The number of nitrogens with one attached hydrogen (secondary N) is 1. The molecule has 0 radical (unpaired) electrons. The van der Waals surface area contributed by atoms with E-state index in [1.807, 2.05) is 30.3 Å². The number of benzene rings is 3. The summed E-state index contributed by atoms with van der Waals surface area (Å²) in [6, 6.07) is 20.3. The monoisotopic (exact) mass is 556 g/mol. The van der Waals surface area contributed by atoms with E-state index in [0.29, 0.717) is 49.8 Å². The Morgan fingerprint density at radius 2 is 1.65 bits per heavy atom. The predicted molar refractivity (Wildman–Crippen MR) is 154 cm³/mol. The highest BCUT2D eigenvalue weighted by molar-refractivity contribution is 7.15. The van der Waals surface area contributed by atoms with E-state index >= 15 is 0 Å². The Kier molecular flexibility index (Phi) is 7.75. The summed E-state index contributed by atoms with van der Waals surface area (Å²) in [5.74, 6) is -0.277. The van der Waals surface area contributed by atoms with Crippen molar-refractivity contribution in [2.75, 3.05) is 26.1 Å². The van der Waals surface area contributed by atoms with Gasteiger partial charge in [-0.1, -0.05) is 30.3 Å². The summed E-state index contributed by atoms with van der Waals surface area (Å²) in [4.78, 5) is 31.5. The zero-order valence-electron chi connectivity index (χ0n) is 22.0. The molecule has 0 saturated heterocycles. The maximum atomic E-state index is 13.8. The molecule has 40 heavy (non-hydrogen) atoms. The summed E-state index contributed by atoms with van der Waals surface area (Å²) >= 11 is 1.19. The van der Waals surface area contributed by atoms with Gasteiger partial charge >= 0.3 is 5.97 Å². The lowest BCUT2D eigenvalue weighted by Gasteiger charge is -2.13. The van der Waals surface area contributed by atoms with Crippen LogP contribution in [-0.2, 0) is 4.74 Å². The number of esters is 1. The topological polar surface area (TPSA) is 86.8 Å². The SMILES string of the molecule is CCOC(=O)c1c(-c2ccc(F)cc2)csc1NC(=O)c1cc(-c2ccc(OC)c(OC)c2)nc2ccccc12. The van der Waals surface area contributed by atoms with Gasteiger partial charge in [0.2, 0.25) is 0 Å². The second kappa shape index (κ2) is 11.5. The van der Waals surface area contributed by atoms with Crippen molar-refractivity contribution in [3.05, 3.63) is 95.1 Å². The van der Waals surface area contributed by atoms with Crippen LogP contribution in [0.5, 0.6) is 11.5 Å². The molecule has 1 amide bonds. The number of anilines is 1. The zero-order valence-corrected chi connectivity index (χ0v) is 22.8. The number of pyridine rings is 1. The van der Waals surface area contributed by atoms with E-state index in [-0.39, 0.29) is 18.0 Å². The van der Waals surface area contributed by atoms with Gasteiger partial charge in [-0.2, -0.15) is 0 Å². The largest absolute Gasteiger partial charge is 0.493 e. The Bertz CT molecular complexity index is 1720. The molecular formula is C31H25FN2O5S. The fraction of sp³-hybridized carbons (Fsp3) is 0.129. The van der Waals surface area contributed by atoms with E-state index in [2.05, 4.69) is 5.32 Å². The quantitative estimate of drug-likeness (QED) is 0.203. The van der Waals surface area contributed by atoms with Gasteiger partial charge in [0, 0.05) is 21.9 Å². The third-order valence-electron chi connectivity index (χ3n) is 6.29. The minimum Gasteiger partial charge on any atom is -0.493 e. The predicted octanol–water partition coefficient (Wildman–Crippen LogP) is 7.22. The first-order valence-electron chi connectivity index (χ1n) is 12.4. The number of methoxy groups -OCH3 is 2. The molecule has 0 saturated carbocycles. The van der Waals surface area contributed by atoms with E-state index in [4.69, 9.17) is 19.2 Å². The van der Waals surface area contributed by atoms with E-state index in [1.165, 1.54) is 23.5 Å². The fourth-order valence-corrected chi connectivity index (χ4v) is 5.33. The molecule has 3 aromatic carbocycles. The minimum atomic E-state index is -0.580. The highest BCUT2D eigenvalue weighted by Crippen LogP contribution is 2.38. The number of aromatic nitrogens is 1. The van der Waals surface area contributed by atoms with Gasteiger partial charge in [0.1, 0.15) is 16.4 Å². The summed E-state index contributed by atoms with van der Waals surface area (Å²) in [5, 5.41) is 5.64. The van der Waals surface area contributed by atoms with E-state index < -0.39 is 11.9 Å². The van der Waals surface area contributed by atoms with Crippen LogP contribution in [0.25, 0.3) is 33.3 Å². The highest BCUT2D eigenvalue weighted by Gasteiger charge is 2.24. The van der Waals surface area contributed by atoms with Gasteiger partial charge in [0.15, 0.2) is 11.5 Å². The molecule has 0 spiro atoms. The maximum Gasteiger partial charge on any atom is 0.341 e. The van der Waals surface area contributed by atoms with E-state index in [0.717, 1.165) is 5.56 Å². The summed E-state index contributed by atoms with van der Waals surface area (Å²) in [6.45, 7) is 1.87. The lowest BCUT2D eigenvalue weighted by molar-refractivity contribution is 0.0529. The first kappa shape index (κ1) is 26.8. The molecule has 7 nitrogen and oxygen atoms in total. The zero-order chi connectivity index (χ0) is 28.2. The Labute approximate surface area is 234 Å². The van der Waals surface area contributed by atoms with Gasteiger partial charge in [-0.3, -0.25) is 4.79 Å². The molecule has 0 fully saturated rings. The number of carbonyl (C=O) groups excluding carboxylic acids is 2. The van der Waals surface area contributed by atoms with Crippen molar-refractivity contribution in [3.63, 3.8) is 0 Å². The molecule has 2 heterocycles. The van der Waals surface area contributed by atoms with E-state index in [1.54, 1.807) is 56.9 Å². The van der Waals surface area contributed by atoms with Crippen LogP contribution in [0.3, 0.4) is 0 Å². The average Bonchev–Trinajstić information content (AvgIpc) is 3.40. The molecule has 0 atom stereocenters. The second-order valence-corrected chi connectivity index (χ2v) is 9.56. The Hall–Kier alpha value is -4.76. The normalized spacial score (nSPS) is 10.8. The molecule has 0 bridgehead atoms. The van der Waals surface area contributed by atoms with Crippen molar-refractivity contribution in [3.8, 4) is 33.9 Å². The molecular weight excluding hydrogens is 531 g/mol. The van der Waals surface area contributed by atoms with Gasteiger partial charge in [-0.05, 0) is 55.0 Å². The molecule has 5 aromatic rings. The summed E-state index contributed by atoms with van der Waals surface area (Å²) in [7, 11) is 3.11. The van der Waals surface area contributed by atoms with E-state index in [9.17, 15) is 14.0 Å². The average molecular weight is 557 g/mol. The molecule has 5 rings (SSSR count). The third kappa shape index (κ3) is 5.23. The number of carbonyl (C=O) groups is 2. The standard InChI is InChI=1S/C31H25FN2O5S/c1-4-39-31(36)28-23(18-9-12-20(32)13-10-18)17-40-30(28)34-29(35)22-16-25(33-24-8-6-5-7-21(22)24)19-11-14-26(37-2)27(15-19)38-3/h5-17H,4H2,1-3H3,(H,34,35). The van der Waals surface area contributed by atoms with Gasteiger partial charge in [-0.15, -0.1) is 11.3 Å². The number of nitrogens with zero attached hydrogens (tertiary/aromatic N) is 1. The number of hydrogen-bond acceptors (Lipinski definition) is 7. The van der Waals surface area contributed by atoms with Gasteiger partial charge < -0.3 is 19.5 Å². The number of hydrogen-bond donors (Lipinski definition) is 1. The van der Waals surface area contributed by atoms with Crippen LogP contribution in [0.1, 0.15) is 27.6 Å². The van der Waals surface area contributed by atoms with Crippen molar-refractivity contribution in [2.45, 2.75) is 6.92 Å². The number of amides is 1. The van der Waals surface area contributed by atoms with Crippen molar-refractivity contribution in [2.24, 2.45) is 0 Å². The lowest BCUT2D eigenvalue weighted by atomic mass is 10.0. The first-order valence-corrected chi connectivity index (χ1v) is 13.3. The van der Waals surface area contributed by atoms with Crippen LogP contribution in [0.4, 0.5) is 9.39 Å². The Balaban J connectivity index is 1.58. The minimum absolute atomic E-state index is 0.161. The van der Waals surface area contributed by atoms with Crippen LogP contribution < -0.4 is 14.8 Å². The third-order valence-corrected chi connectivity index (χ3v) is 7.19. The van der Waals surface area contributed by atoms with Crippen molar-refractivity contribution >= 4 is 39.1 Å². The molecule has 2 aromatic heterocycles. The number of para-hydroxylation sites is 1. The molecule has 1 N–H and O–H groups in total. The van der Waals surface area contributed by atoms with Crippen LogP contribution in [0, 0.1) is 5.82 Å². The maximum absolute atomic E-state index is 13.8. The summed E-state index contributed by atoms with van der Waals surface area (Å²) < 4.78 is 29.6. The fourth-order valence-electron chi connectivity index (χ4n) is 4.37. The number of halogens is 1. The molecule has 0 aliphatic rings. The number of rotatable bonds is 8. The molecule has 9 heteroatoms. The Morgan fingerprint density at radius 3 is 2.38 bits per heavy atom. The van der Waals surface area contributed by atoms with Crippen LogP contribution in [-0.4, -0.2) is 37.7 Å². The second-order valence-electron chi connectivity index (χ2n) is 8.68. The summed E-state index contributed by atoms with van der Waals surface area (Å²) in [5.41, 5.74) is 3.69. The van der Waals surface area contributed by atoms with Crippen molar-refractivity contribution < 1.29 is 28.2 Å². The highest BCUT2D eigenvalue weighted by atomic mass is 32.1. The van der Waals surface area contributed by atoms with Crippen LogP contribution in [0.2, 0.25) is 0 Å². The van der Waals surface area contributed by atoms with Crippen molar-refractivity contribution in [1.29, 1.82) is 0 Å². The number of ether oxygens (including phenoxy) is 3. The van der Waals surface area contributed by atoms with Gasteiger partial charge in [-0.25, -0.2) is 14.2 Å². The smallest absolute Gasteiger partial charge is 0.341 e. The Morgan fingerprint density at radius 1 is 0.925 bits per heavy atom. The number of fused-ring (bicyclic) bond motifs is 1. The lowest BCUT2D eigenvalue weighted by Crippen LogP contribution is -2.15. The van der Waals surface area contributed by atoms with Gasteiger partial charge in [0.05, 0.1) is 37.6 Å². The molecule has 0 aliphatic heterocycles. The molecule has 0 aliphatic carbocycles. The van der Waals surface area contributed by atoms with Crippen LogP contribution >= 0.6 is 11.3 Å². The van der Waals surface area contributed by atoms with Crippen LogP contribution in [0.15, 0.2) is 78.2 Å². The number of thiophene rings is 1. The van der Waals surface area contributed by atoms with Gasteiger partial charge in [0.25, 0.3) is 5.91 Å². The summed E-state index contributed by atoms with van der Waals surface area (Å²) in [6.07, 6.45) is 0. The molecule has 0 unspecified atom stereocenters. The van der Waals surface area contributed by atoms with Crippen molar-refractivity contribution in [1.82, 2.24) is 4.98 Å².